The number of aldehydes is 1. The minimum absolute atomic E-state index is 0.0469. The Labute approximate surface area is 108 Å². The average Bonchev–Trinajstić information content (AvgIpc) is 2.37. The van der Waals surface area contributed by atoms with Crippen molar-refractivity contribution in [3.05, 3.63) is 38.9 Å². The number of esters is 1. The summed E-state index contributed by atoms with van der Waals surface area (Å²) in [6.07, 6.45) is 0.0394. The molecule has 0 N–H and O–H groups in total. The van der Waals surface area contributed by atoms with Crippen molar-refractivity contribution in [3.8, 4) is 6.07 Å². The third kappa shape index (κ3) is 3.13. The van der Waals surface area contributed by atoms with Crippen LogP contribution in [0.2, 0.25) is 0 Å². The molecular formula is C12H10N2O5. The van der Waals surface area contributed by atoms with E-state index in [1.807, 2.05) is 0 Å². The Morgan fingerprint density at radius 1 is 1.58 bits per heavy atom. The molecule has 7 nitrogen and oxygen atoms in total. The van der Waals surface area contributed by atoms with Gasteiger partial charge in [-0.2, -0.15) is 5.26 Å². The third-order valence-corrected chi connectivity index (χ3v) is 2.36. The zero-order chi connectivity index (χ0) is 14.4. The van der Waals surface area contributed by atoms with E-state index < -0.39 is 16.6 Å². The second-order valence-corrected chi connectivity index (χ2v) is 3.51. The fraction of sp³-hybridized carbons (Fsp3) is 0.250. The number of nitriles is 1. The summed E-state index contributed by atoms with van der Waals surface area (Å²) in [4.78, 5) is 32.3. The second-order valence-electron chi connectivity index (χ2n) is 3.51. The van der Waals surface area contributed by atoms with E-state index in [2.05, 4.69) is 0 Å². The van der Waals surface area contributed by atoms with Crippen LogP contribution in [0.5, 0.6) is 0 Å². The van der Waals surface area contributed by atoms with Crippen molar-refractivity contribution in [2.45, 2.75) is 13.3 Å². The number of hydrogen-bond donors (Lipinski definition) is 0. The predicted octanol–water partition coefficient (Wildman–Crippen LogP) is 1.38. The van der Waals surface area contributed by atoms with E-state index in [0.717, 1.165) is 0 Å². The van der Waals surface area contributed by atoms with Crippen LogP contribution >= 0.6 is 0 Å². The maximum absolute atomic E-state index is 11.3. The van der Waals surface area contributed by atoms with Gasteiger partial charge >= 0.3 is 5.97 Å². The van der Waals surface area contributed by atoms with Crippen molar-refractivity contribution in [2.75, 3.05) is 6.61 Å². The second kappa shape index (κ2) is 6.26. The number of nitro benzene ring substituents is 1. The number of carbonyl (C=O) groups excluding carboxylic acids is 2. The van der Waals surface area contributed by atoms with Crippen LogP contribution in [0.1, 0.15) is 28.4 Å². The number of carbonyl (C=O) groups is 2. The first-order valence-corrected chi connectivity index (χ1v) is 5.36. The van der Waals surface area contributed by atoms with E-state index >= 15 is 0 Å². The molecule has 0 amide bonds. The first kappa shape index (κ1) is 14.3. The molecule has 0 aliphatic carbocycles. The lowest BCUT2D eigenvalue weighted by molar-refractivity contribution is -0.385. The van der Waals surface area contributed by atoms with Crippen LogP contribution in [0.3, 0.4) is 0 Å². The number of rotatable bonds is 5. The van der Waals surface area contributed by atoms with E-state index in [1.165, 1.54) is 12.1 Å². The van der Waals surface area contributed by atoms with E-state index in [0.29, 0.717) is 6.29 Å². The van der Waals surface area contributed by atoms with Crippen LogP contribution in [0.25, 0.3) is 0 Å². The molecule has 1 aromatic carbocycles. The van der Waals surface area contributed by atoms with Gasteiger partial charge in [-0.1, -0.05) is 6.07 Å². The lowest BCUT2D eigenvalue weighted by atomic mass is 10.0. The summed E-state index contributed by atoms with van der Waals surface area (Å²) in [5.74, 6) is -0.631. The fourth-order valence-electron chi connectivity index (χ4n) is 1.58. The molecule has 0 radical (unpaired) electrons. The average molecular weight is 262 g/mol. The van der Waals surface area contributed by atoms with Crippen LogP contribution < -0.4 is 0 Å². The number of nitrogens with zero attached hydrogens (tertiary/aromatic N) is 2. The quantitative estimate of drug-likeness (QED) is 0.343. The first-order valence-electron chi connectivity index (χ1n) is 5.36. The van der Waals surface area contributed by atoms with Gasteiger partial charge in [0.05, 0.1) is 18.0 Å². The number of nitro groups is 1. The van der Waals surface area contributed by atoms with E-state index in [1.54, 1.807) is 13.0 Å². The van der Waals surface area contributed by atoms with Gasteiger partial charge in [-0.15, -0.1) is 0 Å². The summed E-state index contributed by atoms with van der Waals surface area (Å²) >= 11 is 0. The molecule has 19 heavy (non-hydrogen) atoms. The largest absolute Gasteiger partial charge is 0.466 e. The van der Waals surface area contributed by atoms with E-state index in [-0.39, 0.29) is 29.7 Å². The zero-order valence-corrected chi connectivity index (χ0v) is 10.1. The molecule has 0 aliphatic heterocycles. The highest BCUT2D eigenvalue weighted by Gasteiger charge is 2.24. The Hall–Kier alpha value is -2.75. The standard InChI is InChI=1S/C12H10N2O5/c1-2-19-11(16)5-8-3-4-9(7-15)10(6-13)12(8)14(17)18/h3-4,7H,2,5H2,1H3. The Morgan fingerprint density at radius 3 is 2.74 bits per heavy atom. The van der Waals surface area contributed by atoms with Gasteiger partial charge < -0.3 is 4.74 Å². The summed E-state index contributed by atoms with van der Waals surface area (Å²) in [7, 11) is 0. The molecule has 0 saturated carbocycles. The monoisotopic (exact) mass is 262 g/mol. The van der Waals surface area contributed by atoms with Crippen LogP contribution in [-0.4, -0.2) is 23.8 Å². The fourth-order valence-corrected chi connectivity index (χ4v) is 1.58. The van der Waals surface area contributed by atoms with Gasteiger partial charge in [-0.05, 0) is 13.0 Å². The van der Waals surface area contributed by atoms with E-state index in [9.17, 15) is 19.7 Å². The topological polar surface area (TPSA) is 110 Å². The Morgan fingerprint density at radius 2 is 2.26 bits per heavy atom. The lowest BCUT2D eigenvalue weighted by Gasteiger charge is -2.05. The maximum Gasteiger partial charge on any atom is 0.310 e. The van der Waals surface area contributed by atoms with Gasteiger partial charge in [0.1, 0.15) is 11.6 Å². The number of ether oxygens (including phenoxy) is 1. The van der Waals surface area contributed by atoms with Crippen molar-refractivity contribution in [1.29, 1.82) is 5.26 Å². The van der Waals surface area contributed by atoms with Gasteiger partial charge in [0.15, 0.2) is 6.29 Å². The molecule has 0 unspecified atom stereocenters. The molecule has 7 heteroatoms. The minimum Gasteiger partial charge on any atom is -0.466 e. The Balaban J connectivity index is 3.33. The van der Waals surface area contributed by atoms with Gasteiger partial charge in [-0.25, -0.2) is 0 Å². The van der Waals surface area contributed by atoms with Crippen molar-refractivity contribution in [1.82, 2.24) is 0 Å². The molecule has 0 atom stereocenters. The predicted molar refractivity (Wildman–Crippen MR) is 63.5 cm³/mol. The lowest BCUT2D eigenvalue weighted by Crippen LogP contribution is -2.10. The highest BCUT2D eigenvalue weighted by molar-refractivity contribution is 5.84. The number of benzene rings is 1. The highest BCUT2D eigenvalue weighted by Crippen LogP contribution is 2.26. The molecule has 0 saturated heterocycles. The molecule has 0 heterocycles. The Kier molecular flexibility index (Phi) is 4.71. The smallest absolute Gasteiger partial charge is 0.310 e. The van der Waals surface area contributed by atoms with Crippen LogP contribution in [-0.2, 0) is 16.0 Å². The van der Waals surface area contributed by atoms with Crippen molar-refractivity contribution in [3.63, 3.8) is 0 Å². The van der Waals surface area contributed by atoms with Crippen LogP contribution in [0.4, 0.5) is 5.69 Å². The summed E-state index contributed by atoms with van der Waals surface area (Å²) in [5.41, 5.74) is -0.908. The molecule has 1 aromatic rings. The maximum atomic E-state index is 11.3. The minimum atomic E-state index is -0.778. The first-order chi connectivity index (χ1) is 9.04. The third-order valence-electron chi connectivity index (χ3n) is 2.36. The molecule has 0 bridgehead atoms. The molecule has 98 valence electrons. The highest BCUT2D eigenvalue weighted by atomic mass is 16.6. The molecule has 0 fully saturated rings. The van der Waals surface area contributed by atoms with Gasteiger partial charge in [0, 0.05) is 11.1 Å². The SMILES string of the molecule is CCOC(=O)Cc1ccc(C=O)c(C#N)c1[N+](=O)[O-]. The summed E-state index contributed by atoms with van der Waals surface area (Å²) in [6.45, 7) is 1.77. The molecule has 0 aliphatic rings. The molecule has 0 aromatic heterocycles. The van der Waals surface area contributed by atoms with Crippen LogP contribution in [0, 0.1) is 21.4 Å². The zero-order valence-electron chi connectivity index (χ0n) is 10.1. The van der Waals surface area contributed by atoms with Crippen molar-refractivity contribution >= 4 is 17.9 Å². The molecule has 0 spiro atoms. The normalized spacial score (nSPS) is 9.47. The van der Waals surface area contributed by atoms with Crippen molar-refractivity contribution in [2.24, 2.45) is 0 Å². The Bertz CT molecular complexity index is 574. The van der Waals surface area contributed by atoms with Crippen molar-refractivity contribution < 1.29 is 19.2 Å². The molecular weight excluding hydrogens is 252 g/mol. The summed E-state index contributed by atoms with van der Waals surface area (Å²) in [6, 6.07) is 4.17. The van der Waals surface area contributed by atoms with E-state index in [4.69, 9.17) is 10.00 Å². The summed E-state index contributed by atoms with van der Waals surface area (Å²) in [5, 5.41) is 19.9. The number of hydrogen-bond acceptors (Lipinski definition) is 6. The molecule has 1 rings (SSSR count). The van der Waals surface area contributed by atoms with Crippen LogP contribution in [0.15, 0.2) is 12.1 Å². The van der Waals surface area contributed by atoms with Gasteiger partial charge in [0.2, 0.25) is 0 Å². The van der Waals surface area contributed by atoms with Gasteiger partial charge in [0.25, 0.3) is 5.69 Å². The summed E-state index contributed by atoms with van der Waals surface area (Å²) < 4.78 is 4.70. The van der Waals surface area contributed by atoms with Gasteiger partial charge in [-0.3, -0.25) is 19.7 Å².